The molecule has 3 nitrogen and oxygen atoms in total. The Labute approximate surface area is 109 Å². The quantitative estimate of drug-likeness (QED) is 0.806. The molecule has 0 aromatic heterocycles. The van der Waals surface area contributed by atoms with Crippen molar-refractivity contribution in [3.63, 3.8) is 0 Å². The number of nitrogens with one attached hydrogen (secondary N) is 1. The second kappa shape index (κ2) is 7.39. The molecule has 1 aromatic carbocycles. The first-order valence-electron chi connectivity index (χ1n) is 6.92. The summed E-state index contributed by atoms with van der Waals surface area (Å²) >= 11 is 0. The Kier molecular flexibility index (Phi) is 5.49. The highest BCUT2D eigenvalue weighted by atomic mass is 16.5. The molecule has 1 aliphatic rings. The summed E-state index contributed by atoms with van der Waals surface area (Å²) in [5, 5.41) is 3.44. The van der Waals surface area contributed by atoms with Crippen molar-refractivity contribution in [2.24, 2.45) is 0 Å². The van der Waals surface area contributed by atoms with E-state index < -0.39 is 0 Å². The van der Waals surface area contributed by atoms with E-state index in [1.807, 2.05) is 12.1 Å². The van der Waals surface area contributed by atoms with E-state index in [0.717, 1.165) is 38.5 Å². The van der Waals surface area contributed by atoms with Crippen LogP contribution in [0.4, 0.5) is 0 Å². The van der Waals surface area contributed by atoms with Gasteiger partial charge < -0.3 is 14.8 Å². The molecule has 1 atom stereocenters. The Morgan fingerprint density at radius 2 is 2.17 bits per heavy atom. The van der Waals surface area contributed by atoms with Crippen molar-refractivity contribution < 1.29 is 9.47 Å². The zero-order valence-electron chi connectivity index (χ0n) is 11.2. The average molecular weight is 249 g/mol. The van der Waals surface area contributed by atoms with Crippen LogP contribution in [-0.4, -0.2) is 25.9 Å². The van der Waals surface area contributed by atoms with Crippen LogP contribution in [-0.2, 0) is 11.3 Å². The van der Waals surface area contributed by atoms with Crippen LogP contribution in [0.25, 0.3) is 0 Å². The molecule has 1 saturated heterocycles. The summed E-state index contributed by atoms with van der Waals surface area (Å²) in [5.74, 6) is 0.958. The molecule has 1 heterocycles. The lowest BCUT2D eigenvalue weighted by molar-refractivity contribution is 0.110. The van der Waals surface area contributed by atoms with Crippen molar-refractivity contribution in [2.45, 2.75) is 38.8 Å². The van der Waals surface area contributed by atoms with Crippen LogP contribution in [0.2, 0.25) is 0 Å². The average Bonchev–Trinajstić information content (AvgIpc) is 2.91. The van der Waals surface area contributed by atoms with Crippen molar-refractivity contribution in [1.82, 2.24) is 5.32 Å². The molecule has 1 N–H and O–H groups in total. The maximum atomic E-state index is 5.57. The van der Waals surface area contributed by atoms with Gasteiger partial charge in [-0.15, -0.1) is 0 Å². The van der Waals surface area contributed by atoms with Crippen LogP contribution in [0.1, 0.15) is 31.7 Å². The van der Waals surface area contributed by atoms with Gasteiger partial charge in [0.15, 0.2) is 0 Å². The Balaban J connectivity index is 1.68. The van der Waals surface area contributed by atoms with E-state index in [1.165, 1.54) is 18.4 Å². The van der Waals surface area contributed by atoms with Gasteiger partial charge in [0.25, 0.3) is 0 Å². The molecule has 1 aliphatic heterocycles. The van der Waals surface area contributed by atoms with Gasteiger partial charge in [-0.3, -0.25) is 0 Å². The first kappa shape index (κ1) is 13.4. The van der Waals surface area contributed by atoms with Crippen LogP contribution in [0.15, 0.2) is 24.3 Å². The van der Waals surface area contributed by atoms with Gasteiger partial charge in [0.2, 0.25) is 0 Å². The van der Waals surface area contributed by atoms with Crippen LogP contribution in [0.5, 0.6) is 5.75 Å². The molecular formula is C15H23NO2. The molecule has 1 fully saturated rings. The normalized spacial score (nSPS) is 19.1. The first-order valence-corrected chi connectivity index (χ1v) is 6.92. The highest BCUT2D eigenvalue weighted by Crippen LogP contribution is 2.13. The summed E-state index contributed by atoms with van der Waals surface area (Å²) in [6, 6.07) is 8.32. The van der Waals surface area contributed by atoms with Crippen LogP contribution >= 0.6 is 0 Å². The van der Waals surface area contributed by atoms with E-state index >= 15 is 0 Å². The standard InChI is InChI=1S/C15H23NO2/c1-2-9-17-14-7-5-13(6-8-14)11-16-12-15-4-3-10-18-15/h5-8,15-16H,2-4,9-12H2,1H3/t15-/m1/s1. The summed E-state index contributed by atoms with van der Waals surface area (Å²) < 4.78 is 11.1. The molecule has 0 unspecified atom stereocenters. The SMILES string of the molecule is CCCOc1ccc(CNC[C@H]2CCCO2)cc1. The fraction of sp³-hybridized carbons (Fsp3) is 0.600. The number of hydrogen-bond acceptors (Lipinski definition) is 3. The first-order chi connectivity index (χ1) is 8.88. The van der Waals surface area contributed by atoms with Crippen molar-refractivity contribution in [3.05, 3.63) is 29.8 Å². The minimum atomic E-state index is 0.414. The van der Waals surface area contributed by atoms with Gasteiger partial charge in [-0.25, -0.2) is 0 Å². The predicted molar refractivity (Wildman–Crippen MR) is 72.9 cm³/mol. The van der Waals surface area contributed by atoms with Crippen LogP contribution < -0.4 is 10.1 Å². The lowest BCUT2D eigenvalue weighted by atomic mass is 10.2. The van der Waals surface area contributed by atoms with Gasteiger partial charge in [-0.1, -0.05) is 19.1 Å². The Hall–Kier alpha value is -1.06. The van der Waals surface area contributed by atoms with E-state index in [-0.39, 0.29) is 0 Å². The Morgan fingerprint density at radius 3 is 2.83 bits per heavy atom. The largest absolute Gasteiger partial charge is 0.494 e. The molecular weight excluding hydrogens is 226 g/mol. The van der Waals surface area contributed by atoms with Gasteiger partial charge in [0, 0.05) is 19.7 Å². The Morgan fingerprint density at radius 1 is 1.33 bits per heavy atom. The fourth-order valence-electron chi connectivity index (χ4n) is 2.11. The zero-order chi connectivity index (χ0) is 12.6. The number of ether oxygens (including phenoxy) is 2. The molecule has 2 rings (SSSR count). The maximum absolute atomic E-state index is 5.57. The molecule has 3 heteroatoms. The second-order valence-corrected chi connectivity index (χ2v) is 4.76. The molecule has 0 radical (unpaired) electrons. The molecule has 1 aromatic rings. The minimum Gasteiger partial charge on any atom is -0.494 e. The summed E-state index contributed by atoms with van der Waals surface area (Å²) in [6.07, 6.45) is 3.86. The number of benzene rings is 1. The number of rotatable bonds is 7. The van der Waals surface area contributed by atoms with Gasteiger partial charge in [-0.2, -0.15) is 0 Å². The van der Waals surface area contributed by atoms with Gasteiger partial charge in [0.1, 0.15) is 5.75 Å². The van der Waals surface area contributed by atoms with Gasteiger partial charge in [-0.05, 0) is 37.0 Å². The van der Waals surface area contributed by atoms with E-state index in [1.54, 1.807) is 0 Å². The van der Waals surface area contributed by atoms with Crippen LogP contribution in [0, 0.1) is 0 Å². The second-order valence-electron chi connectivity index (χ2n) is 4.76. The predicted octanol–water partition coefficient (Wildman–Crippen LogP) is 2.74. The summed E-state index contributed by atoms with van der Waals surface area (Å²) in [5.41, 5.74) is 1.29. The van der Waals surface area contributed by atoms with Crippen molar-refractivity contribution in [1.29, 1.82) is 0 Å². The van der Waals surface area contributed by atoms with E-state index in [4.69, 9.17) is 9.47 Å². The maximum Gasteiger partial charge on any atom is 0.119 e. The number of hydrogen-bond donors (Lipinski definition) is 1. The highest BCUT2D eigenvalue weighted by molar-refractivity contribution is 5.27. The van der Waals surface area contributed by atoms with Gasteiger partial charge >= 0.3 is 0 Å². The molecule has 0 saturated carbocycles. The highest BCUT2D eigenvalue weighted by Gasteiger charge is 2.14. The summed E-state index contributed by atoms with van der Waals surface area (Å²) in [4.78, 5) is 0. The van der Waals surface area contributed by atoms with E-state index in [9.17, 15) is 0 Å². The van der Waals surface area contributed by atoms with Crippen molar-refractivity contribution in [2.75, 3.05) is 19.8 Å². The van der Waals surface area contributed by atoms with Crippen molar-refractivity contribution >= 4 is 0 Å². The third-order valence-corrected chi connectivity index (χ3v) is 3.12. The van der Waals surface area contributed by atoms with Crippen molar-refractivity contribution in [3.8, 4) is 5.75 Å². The van der Waals surface area contributed by atoms with Gasteiger partial charge in [0.05, 0.1) is 12.7 Å². The monoisotopic (exact) mass is 249 g/mol. The molecule has 0 spiro atoms. The molecule has 100 valence electrons. The smallest absolute Gasteiger partial charge is 0.119 e. The third kappa shape index (κ3) is 4.31. The molecule has 0 bridgehead atoms. The molecule has 0 aliphatic carbocycles. The summed E-state index contributed by atoms with van der Waals surface area (Å²) in [6.45, 7) is 5.68. The lowest BCUT2D eigenvalue weighted by Crippen LogP contribution is -2.25. The fourth-order valence-corrected chi connectivity index (χ4v) is 2.11. The molecule has 18 heavy (non-hydrogen) atoms. The topological polar surface area (TPSA) is 30.5 Å². The van der Waals surface area contributed by atoms with E-state index in [2.05, 4.69) is 24.4 Å². The van der Waals surface area contributed by atoms with Crippen LogP contribution in [0.3, 0.4) is 0 Å². The zero-order valence-corrected chi connectivity index (χ0v) is 11.2. The molecule has 0 amide bonds. The van der Waals surface area contributed by atoms with E-state index in [0.29, 0.717) is 6.10 Å². The summed E-state index contributed by atoms with van der Waals surface area (Å²) in [7, 11) is 0. The minimum absolute atomic E-state index is 0.414. The lowest BCUT2D eigenvalue weighted by Gasteiger charge is -2.11. The third-order valence-electron chi connectivity index (χ3n) is 3.12. The Bertz CT molecular complexity index is 331.